The topological polar surface area (TPSA) is 51.2 Å². The normalized spacial score (nSPS) is 10.5. The van der Waals surface area contributed by atoms with Crippen LogP contribution < -0.4 is 10.1 Å². The van der Waals surface area contributed by atoms with E-state index in [9.17, 15) is 4.79 Å². The Kier molecular flexibility index (Phi) is 4.65. The summed E-state index contributed by atoms with van der Waals surface area (Å²) in [6.07, 6.45) is 1.68. The van der Waals surface area contributed by atoms with Crippen molar-refractivity contribution < 1.29 is 9.53 Å². The summed E-state index contributed by atoms with van der Waals surface area (Å²) in [7, 11) is 0. The smallest absolute Gasteiger partial charge is 0.262 e. The Labute approximate surface area is 143 Å². The molecular formula is C17H12Cl2N2O2. The molecule has 0 saturated carbocycles. The molecule has 1 aromatic heterocycles. The number of hydrogen-bond acceptors (Lipinski definition) is 3. The molecule has 0 unspecified atom stereocenters. The lowest BCUT2D eigenvalue weighted by molar-refractivity contribution is -0.118. The third-order valence-corrected chi connectivity index (χ3v) is 3.54. The molecule has 4 nitrogen and oxygen atoms in total. The lowest BCUT2D eigenvalue weighted by Gasteiger charge is -2.09. The van der Waals surface area contributed by atoms with Gasteiger partial charge in [-0.25, -0.2) is 0 Å². The number of rotatable bonds is 4. The van der Waals surface area contributed by atoms with Gasteiger partial charge in [-0.1, -0.05) is 41.4 Å². The van der Waals surface area contributed by atoms with Gasteiger partial charge in [0, 0.05) is 27.3 Å². The fourth-order valence-electron chi connectivity index (χ4n) is 2.16. The van der Waals surface area contributed by atoms with Gasteiger partial charge in [-0.2, -0.15) is 0 Å². The zero-order valence-corrected chi connectivity index (χ0v) is 13.4. The fraction of sp³-hybridized carbons (Fsp3) is 0.0588. The number of carbonyl (C=O) groups is 1. The van der Waals surface area contributed by atoms with Crippen molar-refractivity contribution in [3.05, 3.63) is 64.8 Å². The maximum absolute atomic E-state index is 12.0. The van der Waals surface area contributed by atoms with E-state index in [0.29, 0.717) is 27.0 Å². The van der Waals surface area contributed by atoms with Crippen molar-refractivity contribution in [2.75, 3.05) is 11.9 Å². The van der Waals surface area contributed by atoms with Gasteiger partial charge in [-0.3, -0.25) is 9.78 Å². The zero-order valence-electron chi connectivity index (χ0n) is 11.9. The van der Waals surface area contributed by atoms with Crippen molar-refractivity contribution in [1.29, 1.82) is 0 Å². The summed E-state index contributed by atoms with van der Waals surface area (Å²) in [5, 5.41) is 4.54. The molecule has 1 heterocycles. The molecule has 0 radical (unpaired) electrons. The molecule has 0 aliphatic carbocycles. The van der Waals surface area contributed by atoms with Crippen molar-refractivity contribution in [2.24, 2.45) is 0 Å². The Morgan fingerprint density at radius 3 is 2.61 bits per heavy atom. The van der Waals surface area contributed by atoms with Gasteiger partial charge in [-0.15, -0.1) is 0 Å². The number of para-hydroxylation sites is 1. The molecule has 0 aliphatic heterocycles. The molecule has 116 valence electrons. The molecule has 0 atom stereocenters. The number of nitrogens with zero attached hydrogens (tertiary/aromatic N) is 1. The van der Waals surface area contributed by atoms with Crippen LogP contribution in [0, 0.1) is 0 Å². The van der Waals surface area contributed by atoms with E-state index in [1.54, 1.807) is 30.5 Å². The summed E-state index contributed by atoms with van der Waals surface area (Å²) < 4.78 is 5.57. The minimum atomic E-state index is -0.309. The summed E-state index contributed by atoms with van der Waals surface area (Å²) in [5.74, 6) is 0.249. The highest BCUT2D eigenvalue weighted by Gasteiger charge is 2.08. The molecular weight excluding hydrogens is 335 g/mol. The molecule has 0 saturated heterocycles. The first-order valence-corrected chi connectivity index (χ1v) is 7.60. The van der Waals surface area contributed by atoms with E-state index in [4.69, 9.17) is 27.9 Å². The molecule has 6 heteroatoms. The third kappa shape index (κ3) is 3.92. The Balaban J connectivity index is 1.68. The number of carbonyl (C=O) groups excluding carboxylic acids is 1. The second-order valence-corrected chi connectivity index (χ2v) is 5.70. The van der Waals surface area contributed by atoms with Crippen molar-refractivity contribution in [2.45, 2.75) is 0 Å². The summed E-state index contributed by atoms with van der Waals surface area (Å²) in [6, 6.07) is 14.2. The first-order chi connectivity index (χ1) is 11.1. The number of pyridine rings is 1. The van der Waals surface area contributed by atoms with Crippen molar-refractivity contribution >= 4 is 45.7 Å². The number of nitrogens with one attached hydrogen (secondary N) is 1. The number of amides is 1. The minimum absolute atomic E-state index is 0.139. The molecule has 23 heavy (non-hydrogen) atoms. The molecule has 1 amide bonds. The lowest BCUT2D eigenvalue weighted by atomic mass is 10.2. The van der Waals surface area contributed by atoms with Crippen LogP contribution in [-0.2, 0) is 4.79 Å². The van der Waals surface area contributed by atoms with Crippen LogP contribution in [0.5, 0.6) is 5.75 Å². The molecule has 0 fully saturated rings. The van der Waals surface area contributed by atoms with Crippen LogP contribution in [0.3, 0.4) is 0 Å². The summed E-state index contributed by atoms with van der Waals surface area (Å²) in [6.45, 7) is -0.139. The SMILES string of the molecule is O=C(COc1cccc2cccnc12)Nc1cc(Cl)cc(Cl)c1. The van der Waals surface area contributed by atoms with Crippen molar-refractivity contribution in [3.8, 4) is 5.75 Å². The predicted octanol–water partition coefficient (Wildman–Crippen LogP) is 4.56. The number of ether oxygens (including phenoxy) is 1. The molecule has 1 N–H and O–H groups in total. The van der Waals surface area contributed by atoms with E-state index in [1.807, 2.05) is 24.3 Å². The molecule has 0 aliphatic rings. The second kappa shape index (κ2) is 6.86. The van der Waals surface area contributed by atoms with Gasteiger partial charge in [0.25, 0.3) is 5.91 Å². The highest BCUT2D eigenvalue weighted by Crippen LogP contribution is 2.24. The van der Waals surface area contributed by atoms with E-state index in [-0.39, 0.29) is 12.5 Å². The Morgan fingerprint density at radius 1 is 1.09 bits per heavy atom. The first kappa shape index (κ1) is 15.6. The van der Waals surface area contributed by atoms with Crippen LogP contribution in [0.4, 0.5) is 5.69 Å². The van der Waals surface area contributed by atoms with Crippen LogP contribution in [0.25, 0.3) is 10.9 Å². The number of aromatic nitrogens is 1. The Morgan fingerprint density at radius 2 is 1.83 bits per heavy atom. The predicted molar refractivity (Wildman–Crippen MR) is 92.3 cm³/mol. The van der Waals surface area contributed by atoms with Gasteiger partial charge in [0.2, 0.25) is 0 Å². The van der Waals surface area contributed by atoms with Crippen LogP contribution in [0.1, 0.15) is 0 Å². The fourth-order valence-corrected chi connectivity index (χ4v) is 2.69. The van der Waals surface area contributed by atoms with Gasteiger partial charge < -0.3 is 10.1 Å². The van der Waals surface area contributed by atoms with Crippen LogP contribution in [-0.4, -0.2) is 17.5 Å². The van der Waals surface area contributed by atoms with E-state index in [1.165, 1.54) is 0 Å². The van der Waals surface area contributed by atoms with E-state index in [2.05, 4.69) is 10.3 Å². The van der Waals surface area contributed by atoms with Gasteiger partial charge in [-0.05, 0) is 30.3 Å². The standard InChI is InChI=1S/C17H12Cl2N2O2/c18-12-7-13(19)9-14(8-12)21-16(22)10-23-15-5-1-3-11-4-2-6-20-17(11)15/h1-9H,10H2,(H,21,22). The number of hydrogen-bond donors (Lipinski definition) is 1. The molecule has 3 rings (SSSR count). The van der Waals surface area contributed by atoms with Crippen LogP contribution in [0.15, 0.2) is 54.7 Å². The largest absolute Gasteiger partial charge is 0.481 e. The average molecular weight is 347 g/mol. The molecule has 0 bridgehead atoms. The monoisotopic (exact) mass is 346 g/mol. The number of anilines is 1. The van der Waals surface area contributed by atoms with E-state index < -0.39 is 0 Å². The summed E-state index contributed by atoms with van der Waals surface area (Å²) in [5.41, 5.74) is 1.24. The quantitative estimate of drug-likeness (QED) is 0.753. The van der Waals surface area contributed by atoms with E-state index in [0.717, 1.165) is 5.39 Å². The van der Waals surface area contributed by atoms with Gasteiger partial charge in [0.05, 0.1) is 0 Å². The highest BCUT2D eigenvalue weighted by molar-refractivity contribution is 6.35. The van der Waals surface area contributed by atoms with Gasteiger partial charge in [0.15, 0.2) is 6.61 Å². The second-order valence-electron chi connectivity index (χ2n) is 4.83. The first-order valence-electron chi connectivity index (χ1n) is 6.84. The summed E-state index contributed by atoms with van der Waals surface area (Å²) in [4.78, 5) is 16.3. The van der Waals surface area contributed by atoms with Gasteiger partial charge >= 0.3 is 0 Å². The maximum Gasteiger partial charge on any atom is 0.262 e. The van der Waals surface area contributed by atoms with E-state index >= 15 is 0 Å². The third-order valence-electron chi connectivity index (χ3n) is 3.10. The van der Waals surface area contributed by atoms with Crippen LogP contribution in [0.2, 0.25) is 10.0 Å². The minimum Gasteiger partial charge on any atom is -0.481 e. The Bertz CT molecular complexity index is 843. The Hall–Kier alpha value is -2.30. The van der Waals surface area contributed by atoms with Crippen molar-refractivity contribution in [3.63, 3.8) is 0 Å². The maximum atomic E-state index is 12.0. The lowest BCUT2D eigenvalue weighted by Crippen LogP contribution is -2.20. The zero-order chi connectivity index (χ0) is 16.2. The highest BCUT2D eigenvalue weighted by atomic mass is 35.5. The summed E-state index contributed by atoms with van der Waals surface area (Å²) >= 11 is 11.8. The van der Waals surface area contributed by atoms with Crippen molar-refractivity contribution in [1.82, 2.24) is 4.98 Å². The average Bonchev–Trinajstić information content (AvgIpc) is 2.52. The number of benzene rings is 2. The molecule has 2 aromatic carbocycles. The number of halogens is 2. The molecule has 0 spiro atoms. The van der Waals surface area contributed by atoms with Crippen LogP contribution >= 0.6 is 23.2 Å². The van der Waals surface area contributed by atoms with Gasteiger partial charge in [0.1, 0.15) is 11.3 Å². The number of fused-ring (bicyclic) bond motifs is 1. The molecule has 3 aromatic rings.